The summed E-state index contributed by atoms with van der Waals surface area (Å²) in [5.74, 6) is 0. The van der Waals surface area contributed by atoms with Crippen LogP contribution in [0.4, 0.5) is 5.69 Å². The Bertz CT molecular complexity index is 838. The highest BCUT2D eigenvalue weighted by Gasteiger charge is 2.25. The van der Waals surface area contributed by atoms with E-state index in [1.165, 1.54) is 6.07 Å². The molecule has 0 aliphatic rings. The lowest BCUT2D eigenvalue weighted by molar-refractivity contribution is -0.383. The molecule has 20 heavy (non-hydrogen) atoms. The first kappa shape index (κ1) is 14.5. The zero-order chi connectivity index (χ0) is 15.2. The van der Waals surface area contributed by atoms with Crippen LogP contribution in [0, 0.1) is 10.1 Å². The fourth-order valence-electron chi connectivity index (χ4n) is 1.98. The number of nitrogens with zero attached hydrogens (tertiary/aromatic N) is 2. The lowest BCUT2D eigenvalue weighted by Crippen LogP contribution is -2.37. The number of nitrogens with one attached hydrogen (secondary N) is 1. The van der Waals surface area contributed by atoms with E-state index in [1.807, 2.05) is 0 Å². The lowest BCUT2D eigenvalue weighted by Gasteiger charge is -2.13. The minimum absolute atomic E-state index is 0.0632. The molecular weight excluding hydrogens is 309 g/mol. The number of H-pyrrole nitrogens is 1. The molecule has 9 heteroatoms. The third-order valence-corrected chi connectivity index (χ3v) is 3.56. The first-order chi connectivity index (χ1) is 9.25. The van der Waals surface area contributed by atoms with Crippen molar-refractivity contribution < 1.29 is 4.92 Å². The molecule has 106 valence electrons. The average molecular weight is 318 g/mol. The van der Waals surface area contributed by atoms with Crippen LogP contribution in [-0.4, -0.2) is 14.5 Å². The summed E-state index contributed by atoms with van der Waals surface area (Å²) in [6.45, 7) is 3.35. The maximum Gasteiger partial charge on any atom is 0.316 e. The summed E-state index contributed by atoms with van der Waals surface area (Å²) in [6.07, 6.45) is 0. The Balaban J connectivity index is 3.17. The Labute approximate surface area is 121 Å². The number of aromatic nitrogens is 2. The number of rotatable bonds is 2. The van der Waals surface area contributed by atoms with Gasteiger partial charge < -0.3 is 4.98 Å². The number of hydrogen-bond donors (Lipinski definition) is 1. The predicted molar refractivity (Wildman–Crippen MR) is 75.9 cm³/mol. The summed E-state index contributed by atoms with van der Waals surface area (Å²) in [4.78, 5) is 36.1. The van der Waals surface area contributed by atoms with Gasteiger partial charge in [-0.25, -0.2) is 0 Å². The molecule has 1 aromatic heterocycles. The molecule has 2 aromatic rings. The summed E-state index contributed by atoms with van der Waals surface area (Å²) in [5, 5.41) is 10.8. The van der Waals surface area contributed by atoms with Crippen LogP contribution < -0.4 is 11.1 Å². The largest absolute Gasteiger partial charge is 0.316 e. The van der Waals surface area contributed by atoms with E-state index in [0.29, 0.717) is 0 Å². The topological polar surface area (TPSA) is 98.0 Å². The van der Waals surface area contributed by atoms with Gasteiger partial charge in [0.25, 0.3) is 0 Å². The minimum Gasteiger partial charge on any atom is -0.310 e. The quantitative estimate of drug-likeness (QED) is 0.522. The van der Waals surface area contributed by atoms with Crippen LogP contribution in [0.5, 0.6) is 0 Å². The third kappa shape index (κ3) is 2.08. The molecule has 1 aromatic carbocycles. The van der Waals surface area contributed by atoms with E-state index in [4.69, 9.17) is 23.2 Å². The third-order valence-electron chi connectivity index (χ3n) is 2.78. The maximum atomic E-state index is 11.9. The summed E-state index contributed by atoms with van der Waals surface area (Å²) in [5.41, 5.74) is -2.25. The van der Waals surface area contributed by atoms with E-state index in [2.05, 4.69) is 4.98 Å². The highest BCUT2D eigenvalue weighted by molar-refractivity contribution is 6.44. The molecule has 1 N–H and O–H groups in total. The molecule has 7 nitrogen and oxygen atoms in total. The molecule has 0 unspecified atom stereocenters. The molecule has 0 spiro atoms. The van der Waals surface area contributed by atoms with Crippen molar-refractivity contribution >= 4 is 39.9 Å². The van der Waals surface area contributed by atoms with E-state index < -0.39 is 21.7 Å². The zero-order valence-corrected chi connectivity index (χ0v) is 11.9. The predicted octanol–water partition coefficient (Wildman–Crippen LogP) is 2.49. The Morgan fingerprint density at radius 2 is 1.95 bits per heavy atom. The van der Waals surface area contributed by atoms with Crippen molar-refractivity contribution in [3.05, 3.63) is 46.9 Å². The van der Waals surface area contributed by atoms with Crippen molar-refractivity contribution in [3.63, 3.8) is 0 Å². The second-order valence-electron chi connectivity index (χ2n) is 4.40. The monoisotopic (exact) mass is 317 g/mol. The summed E-state index contributed by atoms with van der Waals surface area (Å²) in [7, 11) is 0. The molecule has 0 fully saturated rings. The van der Waals surface area contributed by atoms with Crippen LogP contribution in [0.3, 0.4) is 0 Å². The molecule has 1 heterocycles. The van der Waals surface area contributed by atoms with Crippen LogP contribution in [0.25, 0.3) is 11.0 Å². The molecule has 0 radical (unpaired) electrons. The number of nitro groups is 1. The standard InChI is InChI=1S/C11H9Cl2N3O4/c1-4(2)15-6-3-5(12)7(13)9(16(19)20)8(6)14-10(17)11(15)18/h3-4H,1-2H3,(H,14,17). The van der Waals surface area contributed by atoms with Crippen LogP contribution >= 0.6 is 23.2 Å². The van der Waals surface area contributed by atoms with E-state index in [9.17, 15) is 19.7 Å². The SMILES string of the molecule is CC(C)n1c(=O)c(=O)[nH]c2c([N+](=O)[O-])c(Cl)c(Cl)cc21. The van der Waals surface area contributed by atoms with E-state index in [-0.39, 0.29) is 27.1 Å². The van der Waals surface area contributed by atoms with Crippen molar-refractivity contribution in [2.75, 3.05) is 0 Å². The number of benzene rings is 1. The van der Waals surface area contributed by atoms with Gasteiger partial charge in [-0.2, -0.15) is 0 Å². The van der Waals surface area contributed by atoms with Crippen LogP contribution in [0.2, 0.25) is 10.0 Å². The average Bonchev–Trinajstić information content (AvgIpc) is 2.32. The molecule has 2 rings (SSSR count). The maximum absolute atomic E-state index is 11.9. The minimum atomic E-state index is -0.951. The van der Waals surface area contributed by atoms with Gasteiger partial charge in [0.05, 0.1) is 15.5 Å². The number of nitro benzene ring substituents is 1. The lowest BCUT2D eigenvalue weighted by atomic mass is 10.2. The van der Waals surface area contributed by atoms with Crippen molar-refractivity contribution in [1.29, 1.82) is 0 Å². The van der Waals surface area contributed by atoms with Crippen molar-refractivity contribution in [3.8, 4) is 0 Å². The fourth-order valence-corrected chi connectivity index (χ4v) is 2.39. The summed E-state index contributed by atoms with van der Waals surface area (Å²) < 4.78 is 1.14. The van der Waals surface area contributed by atoms with Crippen molar-refractivity contribution in [1.82, 2.24) is 9.55 Å². The Morgan fingerprint density at radius 1 is 1.35 bits per heavy atom. The van der Waals surface area contributed by atoms with Gasteiger partial charge in [0.15, 0.2) is 0 Å². The molecule has 0 aliphatic heterocycles. The van der Waals surface area contributed by atoms with Crippen LogP contribution in [0.15, 0.2) is 15.7 Å². The normalized spacial score (nSPS) is 11.2. The second-order valence-corrected chi connectivity index (χ2v) is 5.18. The number of hydrogen-bond acceptors (Lipinski definition) is 4. The van der Waals surface area contributed by atoms with E-state index in [1.54, 1.807) is 13.8 Å². The molecule has 0 amide bonds. The van der Waals surface area contributed by atoms with Gasteiger partial charge in [0, 0.05) is 6.04 Å². The molecule has 0 atom stereocenters. The van der Waals surface area contributed by atoms with Gasteiger partial charge in [0.2, 0.25) is 0 Å². The highest BCUT2D eigenvalue weighted by Crippen LogP contribution is 2.37. The molecule has 0 bridgehead atoms. The molecular formula is C11H9Cl2N3O4. The Kier molecular flexibility index (Phi) is 3.58. The molecule has 0 aliphatic carbocycles. The van der Waals surface area contributed by atoms with E-state index in [0.717, 1.165) is 4.57 Å². The smallest absolute Gasteiger partial charge is 0.310 e. The summed E-state index contributed by atoms with van der Waals surface area (Å²) >= 11 is 11.7. The van der Waals surface area contributed by atoms with Gasteiger partial charge in [-0.05, 0) is 19.9 Å². The van der Waals surface area contributed by atoms with Crippen molar-refractivity contribution in [2.45, 2.75) is 19.9 Å². The number of aromatic amines is 1. The van der Waals surface area contributed by atoms with Gasteiger partial charge in [-0.15, -0.1) is 0 Å². The van der Waals surface area contributed by atoms with Crippen LogP contribution in [0.1, 0.15) is 19.9 Å². The van der Waals surface area contributed by atoms with Crippen LogP contribution in [-0.2, 0) is 0 Å². The van der Waals surface area contributed by atoms with Gasteiger partial charge in [0.1, 0.15) is 10.5 Å². The number of halogens is 2. The number of fused-ring (bicyclic) bond motifs is 1. The first-order valence-corrected chi connectivity index (χ1v) is 6.32. The van der Waals surface area contributed by atoms with Crippen molar-refractivity contribution in [2.24, 2.45) is 0 Å². The Hall–Kier alpha value is -1.86. The van der Waals surface area contributed by atoms with Gasteiger partial charge in [-0.3, -0.25) is 24.3 Å². The molecule has 0 saturated carbocycles. The first-order valence-electron chi connectivity index (χ1n) is 5.56. The zero-order valence-electron chi connectivity index (χ0n) is 10.4. The molecule has 0 saturated heterocycles. The highest BCUT2D eigenvalue weighted by atomic mass is 35.5. The van der Waals surface area contributed by atoms with Gasteiger partial charge >= 0.3 is 16.8 Å². The summed E-state index contributed by atoms with van der Waals surface area (Å²) in [6, 6.07) is 0.952. The second kappa shape index (κ2) is 4.92. The van der Waals surface area contributed by atoms with E-state index >= 15 is 0 Å². The fraction of sp³-hybridized carbons (Fsp3) is 0.273. The van der Waals surface area contributed by atoms with Gasteiger partial charge in [-0.1, -0.05) is 23.2 Å². The Morgan fingerprint density at radius 3 is 2.45 bits per heavy atom.